The Morgan fingerprint density at radius 3 is 3.11 bits per heavy atom. The molecule has 2 saturated heterocycles. The average Bonchev–Trinajstić information content (AvgIpc) is 2.35. The van der Waals surface area contributed by atoms with E-state index < -0.39 is 0 Å². The fraction of sp³-hybridized carbons (Fsp3) is 0.714. The van der Waals surface area contributed by atoms with E-state index in [1.165, 1.54) is 5.57 Å². The van der Waals surface area contributed by atoms with E-state index in [0.29, 0.717) is 12.0 Å². The standard InChI is InChI=1S/C7H10O2/c1-5-2-9-7-4-8-3-6(5)7/h6-7H,1-4H2/t6-,7-/m0/s1. The molecule has 0 unspecified atom stereocenters. The molecule has 0 saturated carbocycles. The summed E-state index contributed by atoms with van der Waals surface area (Å²) in [6, 6.07) is 0. The van der Waals surface area contributed by atoms with Crippen molar-refractivity contribution in [1.82, 2.24) is 0 Å². The van der Waals surface area contributed by atoms with Crippen LogP contribution in [0, 0.1) is 5.92 Å². The Morgan fingerprint density at radius 2 is 2.33 bits per heavy atom. The maximum absolute atomic E-state index is 5.36. The van der Waals surface area contributed by atoms with E-state index in [-0.39, 0.29) is 0 Å². The van der Waals surface area contributed by atoms with Gasteiger partial charge in [0, 0.05) is 5.92 Å². The van der Waals surface area contributed by atoms with Crippen molar-refractivity contribution in [3.63, 3.8) is 0 Å². The molecule has 0 radical (unpaired) electrons. The van der Waals surface area contributed by atoms with Crippen LogP contribution < -0.4 is 0 Å². The summed E-state index contributed by atoms with van der Waals surface area (Å²) in [5.74, 6) is 0.505. The van der Waals surface area contributed by atoms with Crippen LogP contribution in [0.1, 0.15) is 0 Å². The monoisotopic (exact) mass is 126 g/mol. The Hall–Kier alpha value is -0.340. The lowest BCUT2D eigenvalue weighted by Crippen LogP contribution is -2.12. The van der Waals surface area contributed by atoms with Crippen LogP contribution in [0.2, 0.25) is 0 Å². The van der Waals surface area contributed by atoms with Crippen molar-refractivity contribution in [1.29, 1.82) is 0 Å². The Balaban J connectivity index is 2.15. The zero-order valence-corrected chi connectivity index (χ0v) is 5.30. The highest BCUT2D eigenvalue weighted by Crippen LogP contribution is 2.29. The number of hydrogen-bond acceptors (Lipinski definition) is 2. The van der Waals surface area contributed by atoms with E-state index in [1.54, 1.807) is 0 Å². The van der Waals surface area contributed by atoms with Gasteiger partial charge in [-0.3, -0.25) is 0 Å². The van der Waals surface area contributed by atoms with Crippen molar-refractivity contribution in [3.8, 4) is 0 Å². The second-order valence-corrected chi connectivity index (χ2v) is 2.65. The van der Waals surface area contributed by atoms with Gasteiger partial charge in [-0.15, -0.1) is 0 Å². The molecule has 2 nitrogen and oxygen atoms in total. The fourth-order valence-corrected chi connectivity index (χ4v) is 1.40. The van der Waals surface area contributed by atoms with E-state index >= 15 is 0 Å². The molecule has 0 aliphatic carbocycles. The maximum Gasteiger partial charge on any atom is 0.0900 e. The van der Waals surface area contributed by atoms with Crippen molar-refractivity contribution < 1.29 is 9.47 Å². The molecule has 50 valence electrons. The average molecular weight is 126 g/mol. The van der Waals surface area contributed by atoms with Gasteiger partial charge in [-0.05, 0) is 5.57 Å². The molecule has 0 amide bonds. The quantitative estimate of drug-likeness (QED) is 0.442. The summed E-state index contributed by atoms with van der Waals surface area (Å²) in [6.45, 7) is 6.23. The molecule has 0 aromatic carbocycles. The summed E-state index contributed by atoms with van der Waals surface area (Å²) in [5.41, 5.74) is 1.21. The lowest BCUT2D eigenvalue weighted by molar-refractivity contribution is 0.0749. The zero-order chi connectivity index (χ0) is 6.27. The van der Waals surface area contributed by atoms with Gasteiger partial charge in [0.05, 0.1) is 25.9 Å². The van der Waals surface area contributed by atoms with Crippen LogP contribution in [-0.2, 0) is 9.47 Å². The predicted octanol–water partition coefficient (Wildman–Crippen LogP) is 0.588. The minimum Gasteiger partial charge on any atom is -0.378 e. The number of hydrogen-bond donors (Lipinski definition) is 0. The maximum atomic E-state index is 5.36. The van der Waals surface area contributed by atoms with Gasteiger partial charge in [0.1, 0.15) is 0 Å². The molecule has 2 fully saturated rings. The first-order valence-electron chi connectivity index (χ1n) is 3.25. The highest BCUT2D eigenvalue weighted by molar-refractivity contribution is 5.10. The van der Waals surface area contributed by atoms with Gasteiger partial charge in [0.25, 0.3) is 0 Å². The third kappa shape index (κ3) is 0.705. The minimum absolute atomic E-state index is 0.331. The SMILES string of the molecule is C=C1CO[C@H]2COC[C@@H]12. The fourth-order valence-electron chi connectivity index (χ4n) is 1.40. The highest BCUT2D eigenvalue weighted by atomic mass is 16.6. The predicted molar refractivity (Wildman–Crippen MR) is 33.2 cm³/mol. The normalized spacial score (nSPS) is 41.6. The largest absolute Gasteiger partial charge is 0.378 e. The third-order valence-corrected chi connectivity index (χ3v) is 2.04. The van der Waals surface area contributed by atoms with E-state index in [9.17, 15) is 0 Å². The van der Waals surface area contributed by atoms with Crippen LogP contribution in [0.4, 0.5) is 0 Å². The van der Waals surface area contributed by atoms with E-state index in [0.717, 1.165) is 19.8 Å². The van der Waals surface area contributed by atoms with Crippen molar-refractivity contribution in [2.45, 2.75) is 6.10 Å². The highest BCUT2D eigenvalue weighted by Gasteiger charge is 2.36. The van der Waals surface area contributed by atoms with Gasteiger partial charge in [0.15, 0.2) is 0 Å². The summed E-state index contributed by atoms with van der Waals surface area (Å²) in [7, 11) is 0. The van der Waals surface area contributed by atoms with Gasteiger partial charge >= 0.3 is 0 Å². The van der Waals surface area contributed by atoms with Crippen molar-refractivity contribution >= 4 is 0 Å². The van der Waals surface area contributed by atoms with E-state index in [4.69, 9.17) is 9.47 Å². The van der Waals surface area contributed by atoms with Crippen LogP contribution in [0.25, 0.3) is 0 Å². The zero-order valence-electron chi connectivity index (χ0n) is 5.30. The van der Waals surface area contributed by atoms with E-state index in [2.05, 4.69) is 6.58 Å². The molecule has 9 heavy (non-hydrogen) atoms. The first kappa shape index (κ1) is 5.45. The molecular weight excluding hydrogens is 116 g/mol. The minimum atomic E-state index is 0.331. The molecule has 2 atom stereocenters. The number of fused-ring (bicyclic) bond motifs is 1. The van der Waals surface area contributed by atoms with Gasteiger partial charge in [-0.25, -0.2) is 0 Å². The van der Waals surface area contributed by atoms with Gasteiger partial charge in [0.2, 0.25) is 0 Å². The first-order chi connectivity index (χ1) is 4.38. The Kier molecular flexibility index (Phi) is 1.10. The molecule has 0 N–H and O–H groups in total. The molecule has 2 heteroatoms. The molecule has 2 rings (SSSR count). The Labute approximate surface area is 54.5 Å². The van der Waals surface area contributed by atoms with Gasteiger partial charge < -0.3 is 9.47 Å². The second kappa shape index (κ2) is 1.82. The molecule has 0 spiro atoms. The van der Waals surface area contributed by atoms with Crippen LogP contribution in [0.15, 0.2) is 12.2 Å². The summed E-state index contributed by atoms with van der Waals surface area (Å²) >= 11 is 0. The molecule has 2 heterocycles. The third-order valence-electron chi connectivity index (χ3n) is 2.04. The van der Waals surface area contributed by atoms with Crippen molar-refractivity contribution in [2.75, 3.05) is 19.8 Å². The van der Waals surface area contributed by atoms with E-state index in [1.807, 2.05) is 0 Å². The molecule has 2 aliphatic rings. The second-order valence-electron chi connectivity index (χ2n) is 2.65. The summed E-state index contributed by atoms with van der Waals surface area (Å²) in [5, 5.41) is 0. The van der Waals surface area contributed by atoms with Gasteiger partial charge in [-0.1, -0.05) is 6.58 Å². The summed E-state index contributed by atoms with van der Waals surface area (Å²) in [4.78, 5) is 0. The smallest absolute Gasteiger partial charge is 0.0900 e. The lowest BCUT2D eigenvalue weighted by Gasteiger charge is -2.01. The number of rotatable bonds is 0. The molecule has 2 aliphatic heterocycles. The molecular formula is C7H10O2. The topological polar surface area (TPSA) is 18.5 Å². The van der Waals surface area contributed by atoms with Crippen LogP contribution in [0.3, 0.4) is 0 Å². The van der Waals surface area contributed by atoms with Gasteiger partial charge in [-0.2, -0.15) is 0 Å². The Morgan fingerprint density at radius 1 is 1.44 bits per heavy atom. The summed E-state index contributed by atoms with van der Waals surface area (Å²) in [6.07, 6.45) is 0.331. The van der Waals surface area contributed by atoms with Crippen LogP contribution in [0.5, 0.6) is 0 Å². The van der Waals surface area contributed by atoms with Crippen molar-refractivity contribution in [2.24, 2.45) is 5.92 Å². The number of ether oxygens (including phenoxy) is 2. The molecule has 0 aromatic rings. The Bertz CT molecular complexity index is 142. The van der Waals surface area contributed by atoms with Crippen LogP contribution in [-0.4, -0.2) is 25.9 Å². The van der Waals surface area contributed by atoms with Crippen molar-refractivity contribution in [3.05, 3.63) is 12.2 Å². The molecule has 0 aromatic heterocycles. The van der Waals surface area contributed by atoms with Crippen LogP contribution >= 0.6 is 0 Å². The molecule has 0 bridgehead atoms. The lowest BCUT2D eigenvalue weighted by atomic mass is 10.0. The summed E-state index contributed by atoms with van der Waals surface area (Å²) < 4.78 is 10.6. The first-order valence-corrected chi connectivity index (χ1v) is 3.25.